The second kappa shape index (κ2) is 2.67. The Morgan fingerprint density at radius 1 is 1.33 bits per heavy atom. The Kier molecular flexibility index (Phi) is 1.50. The van der Waals surface area contributed by atoms with Crippen molar-refractivity contribution in [3.8, 4) is 0 Å². The maximum absolute atomic E-state index is 7.15. The number of hydrogen-bond donors (Lipinski definition) is 0. The van der Waals surface area contributed by atoms with Crippen LogP contribution in [0.1, 0.15) is 26.7 Å². The molecule has 1 atom stereocenters. The number of rotatable bonds is 1. The lowest BCUT2D eigenvalue weighted by Crippen LogP contribution is -1.83. The van der Waals surface area contributed by atoms with Gasteiger partial charge in [-0.15, -0.1) is 0 Å². The van der Waals surface area contributed by atoms with E-state index in [0.717, 1.165) is 0 Å². The lowest BCUT2D eigenvalue weighted by Gasteiger charge is -2.01. The summed E-state index contributed by atoms with van der Waals surface area (Å²) >= 11 is 0. The van der Waals surface area contributed by atoms with Crippen molar-refractivity contribution in [1.82, 2.24) is 0 Å². The second-order valence-electron chi connectivity index (χ2n) is 2.31. The van der Waals surface area contributed by atoms with Crippen LogP contribution in [-0.2, 0) is 0 Å². The van der Waals surface area contributed by atoms with Gasteiger partial charge in [-0.05, 0) is 11.5 Å². The van der Waals surface area contributed by atoms with Gasteiger partial charge in [0.1, 0.15) is 0 Å². The van der Waals surface area contributed by atoms with Gasteiger partial charge in [-0.3, -0.25) is 0 Å². The van der Waals surface area contributed by atoms with Crippen LogP contribution < -0.4 is 0 Å². The van der Waals surface area contributed by atoms with E-state index in [1.54, 1.807) is 0 Å². The van der Waals surface area contributed by atoms with Crippen LogP contribution in [0.4, 0.5) is 0 Å². The zero-order chi connectivity index (χ0) is 7.40. The predicted octanol–water partition coefficient (Wildman–Crippen LogP) is 2.81. The van der Waals surface area contributed by atoms with Crippen molar-refractivity contribution >= 4 is 0 Å². The monoisotopic (exact) mass is 121 g/mol. The lowest BCUT2D eigenvalue weighted by atomic mass is 10.0. The van der Waals surface area contributed by atoms with Crippen LogP contribution >= 0.6 is 0 Å². The molecule has 0 nitrogen and oxygen atoms in total. The fourth-order valence-corrected chi connectivity index (χ4v) is 0.782. The second-order valence-corrected chi connectivity index (χ2v) is 2.31. The molecule has 0 fully saturated rings. The summed E-state index contributed by atoms with van der Waals surface area (Å²) in [6, 6.07) is 10.2. The molecular formula is C9H12. The summed E-state index contributed by atoms with van der Waals surface area (Å²) in [5.41, 5.74) is 1.26. The van der Waals surface area contributed by atoms with E-state index in [4.69, 9.17) is 1.37 Å². The summed E-state index contributed by atoms with van der Waals surface area (Å²) in [6.07, 6.45) is 0. The molecule has 0 saturated heterocycles. The third-order valence-electron chi connectivity index (χ3n) is 1.37. The maximum Gasteiger partial charge on any atom is 0.0236 e. The fraction of sp³-hybridized carbons (Fsp3) is 0.333. The van der Waals surface area contributed by atoms with Gasteiger partial charge < -0.3 is 0 Å². The zero-order valence-electron chi connectivity index (χ0n) is 6.67. The van der Waals surface area contributed by atoms with Crippen molar-refractivity contribution in [2.24, 2.45) is 0 Å². The molecule has 48 valence electrons. The van der Waals surface area contributed by atoms with E-state index in [0.29, 0.717) is 12.8 Å². The first-order valence-corrected chi connectivity index (χ1v) is 3.18. The fourth-order valence-electron chi connectivity index (χ4n) is 0.782. The molecule has 1 aromatic carbocycles. The average Bonchev–Trinajstić information content (AvgIpc) is 2.05. The van der Waals surface area contributed by atoms with E-state index in [2.05, 4.69) is 19.1 Å². The first-order chi connectivity index (χ1) is 4.84. The maximum atomic E-state index is 7.15. The van der Waals surface area contributed by atoms with E-state index in [1.807, 2.05) is 18.2 Å². The van der Waals surface area contributed by atoms with Gasteiger partial charge in [-0.1, -0.05) is 44.2 Å². The first kappa shape index (κ1) is 5.04. The van der Waals surface area contributed by atoms with E-state index in [-0.39, 0.29) is 0 Å². The third-order valence-corrected chi connectivity index (χ3v) is 1.37. The summed E-state index contributed by atoms with van der Waals surface area (Å²) in [5, 5.41) is 0. The van der Waals surface area contributed by atoms with Crippen LogP contribution in [0.2, 0.25) is 0 Å². The molecule has 1 aromatic rings. The normalized spacial score (nSPS) is 14.6. The van der Waals surface area contributed by atoms with Crippen molar-refractivity contribution in [3.63, 3.8) is 0 Å². The summed E-state index contributed by atoms with van der Waals surface area (Å²) in [4.78, 5) is 0. The van der Waals surface area contributed by atoms with Gasteiger partial charge >= 0.3 is 0 Å². The van der Waals surface area contributed by atoms with Gasteiger partial charge in [-0.25, -0.2) is 0 Å². The van der Waals surface area contributed by atoms with Gasteiger partial charge in [0.15, 0.2) is 0 Å². The molecule has 1 unspecified atom stereocenters. The Bertz CT molecular complexity index is 181. The van der Waals surface area contributed by atoms with Gasteiger partial charge in [0.05, 0.1) is 0 Å². The lowest BCUT2D eigenvalue weighted by molar-refractivity contribution is 0.867. The summed E-state index contributed by atoms with van der Waals surface area (Å²) in [7, 11) is 0. The quantitative estimate of drug-likeness (QED) is 0.536. The van der Waals surface area contributed by atoms with Crippen molar-refractivity contribution < 1.29 is 1.37 Å². The van der Waals surface area contributed by atoms with Crippen LogP contribution in [0.3, 0.4) is 0 Å². The Balaban J connectivity index is 2.75. The molecule has 1 rings (SSSR count). The highest BCUT2D eigenvalue weighted by Gasteiger charge is 1.93. The molecule has 0 spiro atoms. The molecule has 0 saturated carbocycles. The highest BCUT2D eigenvalue weighted by molar-refractivity contribution is 5.17. The van der Waals surface area contributed by atoms with Crippen LogP contribution in [0, 0.1) is 0 Å². The average molecular weight is 121 g/mol. The molecule has 0 aromatic heterocycles. The summed E-state index contributed by atoms with van der Waals surface area (Å²) < 4.78 is 7.15. The highest BCUT2D eigenvalue weighted by Crippen LogP contribution is 2.11. The van der Waals surface area contributed by atoms with Gasteiger partial charge in [0.2, 0.25) is 0 Å². The van der Waals surface area contributed by atoms with E-state index >= 15 is 0 Å². The standard InChI is InChI=1S/C9H12/c1-8(2)9-6-4-3-5-7-9/h3-8H,1-2H3/i1D. The van der Waals surface area contributed by atoms with Crippen molar-refractivity contribution in [2.45, 2.75) is 19.7 Å². The van der Waals surface area contributed by atoms with Crippen molar-refractivity contribution in [3.05, 3.63) is 35.9 Å². The zero-order valence-corrected chi connectivity index (χ0v) is 5.67. The third kappa shape index (κ3) is 1.56. The summed E-state index contributed by atoms with van der Waals surface area (Å²) in [5.74, 6) is 0.376. The topological polar surface area (TPSA) is 0 Å². The van der Waals surface area contributed by atoms with Crippen LogP contribution in [0.15, 0.2) is 30.3 Å². The Morgan fingerprint density at radius 2 is 2.00 bits per heavy atom. The van der Waals surface area contributed by atoms with Gasteiger partial charge in [0.25, 0.3) is 0 Å². The minimum atomic E-state index is 0.376. The minimum absolute atomic E-state index is 0.376. The minimum Gasteiger partial charge on any atom is -0.0622 e. The molecule has 0 aliphatic heterocycles. The first-order valence-electron chi connectivity index (χ1n) is 3.89. The number of hydrogen-bond acceptors (Lipinski definition) is 0. The van der Waals surface area contributed by atoms with E-state index in [1.165, 1.54) is 5.56 Å². The molecule has 0 heterocycles. The van der Waals surface area contributed by atoms with Crippen molar-refractivity contribution in [2.75, 3.05) is 0 Å². The number of benzene rings is 1. The molecule has 9 heavy (non-hydrogen) atoms. The Morgan fingerprint density at radius 3 is 2.56 bits per heavy atom. The molecule has 0 amide bonds. The Hall–Kier alpha value is -0.780. The molecular weight excluding hydrogens is 108 g/mol. The van der Waals surface area contributed by atoms with Gasteiger partial charge in [-0.2, -0.15) is 0 Å². The smallest absolute Gasteiger partial charge is 0.0236 e. The molecule has 0 radical (unpaired) electrons. The highest BCUT2D eigenvalue weighted by atomic mass is 14.0. The molecule has 0 heteroatoms. The summed E-state index contributed by atoms with van der Waals surface area (Å²) in [6.45, 7) is 2.55. The molecule has 0 N–H and O–H groups in total. The SMILES string of the molecule is [2H]CC(C)c1ccccc1. The van der Waals surface area contributed by atoms with Gasteiger partial charge in [0, 0.05) is 1.37 Å². The van der Waals surface area contributed by atoms with E-state index in [9.17, 15) is 0 Å². The van der Waals surface area contributed by atoms with Crippen LogP contribution in [0.25, 0.3) is 0 Å². The van der Waals surface area contributed by atoms with Crippen molar-refractivity contribution in [1.29, 1.82) is 0 Å². The van der Waals surface area contributed by atoms with Crippen LogP contribution in [-0.4, -0.2) is 0 Å². The molecule has 0 aliphatic carbocycles. The largest absolute Gasteiger partial charge is 0.0622 e. The molecule has 0 bridgehead atoms. The van der Waals surface area contributed by atoms with Crippen LogP contribution in [0.5, 0.6) is 0 Å². The predicted molar refractivity (Wildman–Crippen MR) is 40.5 cm³/mol. The Labute approximate surface area is 57.9 Å². The van der Waals surface area contributed by atoms with E-state index < -0.39 is 0 Å². The molecule has 0 aliphatic rings.